The maximum Gasteiger partial charge on any atom is 0.186 e. The van der Waals surface area contributed by atoms with Crippen molar-refractivity contribution in [2.24, 2.45) is 16.5 Å². The molecule has 1 rings (SSSR count). The third-order valence-electron chi connectivity index (χ3n) is 1.44. The number of nitrogens with zero attached hydrogens (tertiary/aromatic N) is 1. The number of guanidine groups is 1. The van der Waals surface area contributed by atoms with Gasteiger partial charge in [-0.25, -0.2) is 9.38 Å². The van der Waals surface area contributed by atoms with E-state index >= 15 is 0 Å². The summed E-state index contributed by atoms with van der Waals surface area (Å²) in [5, 5.41) is 0.450. The molecule has 0 fully saturated rings. The normalized spacial score (nSPS) is 9.69. The topological polar surface area (TPSA) is 64.4 Å². The van der Waals surface area contributed by atoms with Crippen LogP contribution in [0, 0.1) is 5.82 Å². The first-order valence-corrected chi connectivity index (χ1v) is 3.96. The molecule has 0 heterocycles. The fraction of sp³-hybridized carbons (Fsp3) is 0.125. The van der Waals surface area contributed by atoms with Crippen molar-refractivity contribution in [2.45, 2.75) is 6.54 Å². The van der Waals surface area contributed by atoms with Crippen LogP contribution >= 0.6 is 11.6 Å². The van der Waals surface area contributed by atoms with Crippen molar-refractivity contribution in [3.05, 3.63) is 34.6 Å². The van der Waals surface area contributed by atoms with Gasteiger partial charge in [-0.05, 0) is 23.8 Å². The summed E-state index contributed by atoms with van der Waals surface area (Å²) in [4.78, 5) is 3.72. The van der Waals surface area contributed by atoms with E-state index in [0.717, 1.165) is 0 Å². The Hall–Kier alpha value is -1.29. The molecule has 0 aromatic heterocycles. The molecule has 0 aliphatic heterocycles. The number of hydrogen-bond acceptors (Lipinski definition) is 1. The second-order valence-corrected chi connectivity index (χ2v) is 2.88. The molecule has 70 valence electrons. The van der Waals surface area contributed by atoms with Gasteiger partial charge in [0.15, 0.2) is 5.96 Å². The van der Waals surface area contributed by atoms with Gasteiger partial charge >= 0.3 is 0 Å². The summed E-state index contributed by atoms with van der Waals surface area (Å²) in [6.07, 6.45) is 0. The minimum Gasteiger partial charge on any atom is -0.370 e. The average molecular weight is 202 g/mol. The molecule has 0 atom stereocenters. The van der Waals surface area contributed by atoms with Crippen LogP contribution in [0.25, 0.3) is 0 Å². The fourth-order valence-corrected chi connectivity index (χ4v) is 1.02. The van der Waals surface area contributed by atoms with Crippen LogP contribution in [-0.2, 0) is 6.54 Å². The molecule has 0 spiro atoms. The quantitative estimate of drug-likeness (QED) is 0.559. The van der Waals surface area contributed by atoms with Crippen molar-refractivity contribution in [2.75, 3.05) is 0 Å². The van der Waals surface area contributed by atoms with Gasteiger partial charge in [-0.2, -0.15) is 0 Å². The lowest BCUT2D eigenvalue weighted by molar-refractivity contribution is 0.625. The van der Waals surface area contributed by atoms with Crippen LogP contribution in [0.5, 0.6) is 0 Å². The predicted molar refractivity (Wildman–Crippen MR) is 50.9 cm³/mol. The van der Waals surface area contributed by atoms with E-state index in [-0.39, 0.29) is 18.3 Å². The zero-order valence-corrected chi connectivity index (χ0v) is 7.55. The van der Waals surface area contributed by atoms with Crippen molar-refractivity contribution < 1.29 is 4.39 Å². The molecule has 3 nitrogen and oxygen atoms in total. The van der Waals surface area contributed by atoms with E-state index in [1.54, 1.807) is 0 Å². The number of aliphatic imine (C=N–C) groups is 1. The number of hydrogen-bond donors (Lipinski definition) is 2. The van der Waals surface area contributed by atoms with Gasteiger partial charge < -0.3 is 11.5 Å². The molecule has 0 aliphatic rings. The van der Waals surface area contributed by atoms with Crippen LogP contribution in [0.1, 0.15) is 5.56 Å². The Morgan fingerprint density at radius 2 is 2.15 bits per heavy atom. The Bertz CT molecular complexity index is 334. The van der Waals surface area contributed by atoms with Crippen molar-refractivity contribution in [3.8, 4) is 0 Å². The van der Waals surface area contributed by atoms with Gasteiger partial charge in [0.2, 0.25) is 0 Å². The first-order chi connectivity index (χ1) is 6.09. The first-order valence-electron chi connectivity index (χ1n) is 3.59. The number of benzene rings is 1. The lowest BCUT2D eigenvalue weighted by atomic mass is 10.2. The largest absolute Gasteiger partial charge is 0.370 e. The Labute approximate surface area is 80.2 Å². The molecule has 5 heteroatoms. The van der Waals surface area contributed by atoms with Gasteiger partial charge in [0.25, 0.3) is 0 Å². The van der Waals surface area contributed by atoms with E-state index in [9.17, 15) is 4.39 Å². The highest BCUT2D eigenvalue weighted by atomic mass is 35.5. The van der Waals surface area contributed by atoms with Gasteiger partial charge in [-0.3, -0.25) is 0 Å². The standard InChI is InChI=1S/C8H9ClFN3/c9-7-2-1-6(10)3-5(7)4-13-8(11)12/h1-3H,4H2,(H4,11,12,13). The van der Waals surface area contributed by atoms with E-state index in [0.29, 0.717) is 10.6 Å². The Morgan fingerprint density at radius 1 is 1.46 bits per heavy atom. The third-order valence-corrected chi connectivity index (χ3v) is 1.81. The smallest absolute Gasteiger partial charge is 0.186 e. The predicted octanol–water partition coefficient (Wildman–Crippen LogP) is 1.25. The fourth-order valence-electron chi connectivity index (χ4n) is 0.841. The summed E-state index contributed by atoms with van der Waals surface area (Å²) in [6, 6.07) is 4.05. The van der Waals surface area contributed by atoms with Gasteiger partial charge in [-0.1, -0.05) is 11.6 Å². The summed E-state index contributed by atoms with van der Waals surface area (Å²) < 4.78 is 12.7. The summed E-state index contributed by atoms with van der Waals surface area (Å²) in [7, 11) is 0. The molecule has 1 aromatic rings. The van der Waals surface area contributed by atoms with Crippen LogP contribution < -0.4 is 11.5 Å². The van der Waals surface area contributed by atoms with E-state index in [2.05, 4.69) is 4.99 Å². The summed E-state index contributed by atoms with van der Waals surface area (Å²) >= 11 is 5.76. The molecule has 0 bridgehead atoms. The second-order valence-electron chi connectivity index (χ2n) is 2.48. The zero-order chi connectivity index (χ0) is 9.84. The maximum absolute atomic E-state index is 12.7. The molecule has 0 unspecified atom stereocenters. The molecule has 0 saturated heterocycles. The van der Waals surface area contributed by atoms with Crippen LogP contribution in [0.4, 0.5) is 4.39 Å². The number of rotatable bonds is 2. The molecular weight excluding hydrogens is 193 g/mol. The van der Waals surface area contributed by atoms with Crippen molar-refractivity contribution in [1.29, 1.82) is 0 Å². The van der Waals surface area contributed by atoms with Crippen LogP contribution in [0.15, 0.2) is 23.2 Å². The minimum absolute atomic E-state index is 0.0414. The molecule has 0 aliphatic carbocycles. The molecule has 0 saturated carbocycles. The summed E-state index contributed by atoms with van der Waals surface area (Å²) in [6.45, 7) is 0.193. The monoisotopic (exact) mass is 201 g/mol. The molecule has 0 amide bonds. The van der Waals surface area contributed by atoms with E-state index < -0.39 is 0 Å². The lowest BCUT2D eigenvalue weighted by Gasteiger charge is -2.00. The highest BCUT2D eigenvalue weighted by molar-refractivity contribution is 6.31. The Morgan fingerprint density at radius 3 is 2.77 bits per heavy atom. The molecule has 4 N–H and O–H groups in total. The van der Waals surface area contributed by atoms with Gasteiger partial charge in [-0.15, -0.1) is 0 Å². The first kappa shape index (κ1) is 9.80. The molecule has 0 radical (unpaired) electrons. The van der Waals surface area contributed by atoms with Crippen molar-refractivity contribution in [1.82, 2.24) is 0 Å². The summed E-state index contributed by atoms with van der Waals surface area (Å²) in [5.74, 6) is -0.398. The highest BCUT2D eigenvalue weighted by Gasteiger charge is 2.00. The zero-order valence-electron chi connectivity index (χ0n) is 6.80. The molecular formula is C8H9ClFN3. The van der Waals surface area contributed by atoms with E-state index in [1.165, 1.54) is 18.2 Å². The Balaban J connectivity index is 2.87. The minimum atomic E-state index is -0.356. The second kappa shape index (κ2) is 4.09. The third kappa shape index (κ3) is 2.91. The van der Waals surface area contributed by atoms with Crippen molar-refractivity contribution >= 4 is 17.6 Å². The van der Waals surface area contributed by atoms with Crippen molar-refractivity contribution in [3.63, 3.8) is 0 Å². The van der Waals surface area contributed by atoms with Crippen LogP contribution in [-0.4, -0.2) is 5.96 Å². The number of nitrogens with two attached hydrogens (primary N) is 2. The van der Waals surface area contributed by atoms with Crippen LogP contribution in [0.3, 0.4) is 0 Å². The SMILES string of the molecule is NC(N)=NCc1cc(F)ccc1Cl. The highest BCUT2D eigenvalue weighted by Crippen LogP contribution is 2.17. The number of halogens is 2. The van der Waals surface area contributed by atoms with Crippen LogP contribution in [0.2, 0.25) is 5.02 Å². The van der Waals surface area contributed by atoms with E-state index in [1.807, 2.05) is 0 Å². The lowest BCUT2D eigenvalue weighted by Crippen LogP contribution is -2.22. The molecule has 1 aromatic carbocycles. The summed E-state index contributed by atoms with van der Waals surface area (Å²) in [5.41, 5.74) is 10.8. The van der Waals surface area contributed by atoms with Gasteiger partial charge in [0.1, 0.15) is 5.82 Å². The van der Waals surface area contributed by atoms with E-state index in [4.69, 9.17) is 23.1 Å². The van der Waals surface area contributed by atoms with Gasteiger partial charge in [0.05, 0.1) is 6.54 Å². The molecule has 13 heavy (non-hydrogen) atoms. The maximum atomic E-state index is 12.7. The average Bonchev–Trinajstić information content (AvgIpc) is 2.06. The Kier molecular flexibility index (Phi) is 3.08. The van der Waals surface area contributed by atoms with Gasteiger partial charge in [0, 0.05) is 5.02 Å².